The van der Waals surface area contributed by atoms with Crippen molar-refractivity contribution in [2.75, 3.05) is 6.54 Å². The molecule has 1 saturated carbocycles. The van der Waals surface area contributed by atoms with E-state index in [9.17, 15) is 5.11 Å². The molecule has 0 spiro atoms. The maximum absolute atomic E-state index is 9.77. The Hall–Kier alpha value is -1.32. The molecule has 3 heteroatoms. The molecule has 1 aliphatic carbocycles. The summed E-state index contributed by atoms with van der Waals surface area (Å²) in [5.74, 6) is 0.440. The van der Waals surface area contributed by atoms with Gasteiger partial charge in [0.1, 0.15) is 0 Å². The normalized spacial score (nSPS) is 23.8. The molecule has 1 aromatic carbocycles. The van der Waals surface area contributed by atoms with Crippen molar-refractivity contribution in [2.24, 2.45) is 5.92 Å². The number of para-hydroxylation sites is 1. The fraction of sp³-hybridized carbons (Fsp3) is 0.467. The standard InChI is InChI=1S/C15H20N2O/c18-15-7-3-4-11(15)8-16-9-12-10-17-14-6-2-1-5-13(12)14/h1-2,5-6,10-11,15-18H,3-4,7-9H2. The second-order valence-corrected chi connectivity index (χ2v) is 5.25. The van der Waals surface area contributed by atoms with Gasteiger partial charge in [0.2, 0.25) is 0 Å². The van der Waals surface area contributed by atoms with Gasteiger partial charge in [-0.2, -0.15) is 0 Å². The molecule has 1 heterocycles. The Balaban J connectivity index is 1.60. The molecule has 0 bridgehead atoms. The third kappa shape index (κ3) is 2.28. The molecule has 0 aliphatic heterocycles. The lowest BCUT2D eigenvalue weighted by atomic mass is 10.1. The third-order valence-corrected chi connectivity index (χ3v) is 4.02. The number of benzene rings is 1. The van der Waals surface area contributed by atoms with Gasteiger partial charge in [0, 0.05) is 30.2 Å². The predicted molar refractivity (Wildman–Crippen MR) is 73.4 cm³/mol. The summed E-state index contributed by atoms with van der Waals surface area (Å²) in [5, 5.41) is 14.5. The van der Waals surface area contributed by atoms with Crippen molar-refractivity contribution in [3.63, 3.8) is 0 Å². The first-order chi connectivity index (χ1) is 8.84. The highest BCUT2D eigenvalue weighted by Gasteiger charge is 2.24. The summed E-state index contributed by atoms with van der Waals surface area (Å²) >= 11 is 0. The number of hydrogen-bond donors (Lipinski definition) is 3. The number of fused-ring (bicyclic) bond motifs is 1. The van der Waals surface area contributed by atoms with E-state index in [2.05, 4.69) is 34.7 Å². The highest BCUT2D eigenvalue weighted by molar-refractivity contribution is 5.82. The molecule has 96 valence electrons. The minimum absolute atomic E-state index is 0.0968. The monoisotopic (exact) mass is 244 g/mol. The Morgan fingerprint density at radius 2 is 2.17 bits per heavy atom. The van der Waals surface area contributed by atoms with E-state index in [0.717, 1.165) is 25.9 Å². The van der Waals surface area contributed by atoms with Gasteiger partial charge in [-0.05, 0) is 30.4 Å². The zero-order chi connectivity index (χ0) is 12.4. The molecule has 0 saturated heterocycles. The van der Waals surface area contributed by atoms with Crippen LogP contribution in [0.15, 0.2) is 30.5 Å². The van der Waals surface area contributed by atoms with Crippen LogP contribution in [-0.4, -0.2) is 22.7 Å². The van der Waals surface area contributed by atoms with Gasteiger partial charge < -0.3 is 15.4 Å². The van der Waals surface area contributed by atoms with E-state index in [4.69, 9.17) is 0 Å². The van der Waals surface area contributed by atoms with Crippen LogP contribution in [0.1, 0.15) is 24.8 Å². The van der Waals surface area contributed by atoms with Gasteiger partial charge in [-0.3, -0.25) is 0 Å². The SMILES string of the molecule is OC1CCCC1CNCc1c[nH]c2ccccc12. The van der Waals surface area contributed by atoms with Crippen LogP contribution in [0.3, 0.4) is 0 Å². The Labute approximate surface area is 107 Å². The van der Waals surface area contributed by atoms with E-state index >= 15 is 0 Å². The first kappa shape index (κ1) is 11.8. The number of nitrogens with one attached hydrogen (secondary N) is 2. The number of rotatable bonds is 4. The van der Waals surface area contributed by atoms with Gasteiger partial charge in [0.05, 0.1) is 6.10 Å². The molecular weight excluding hydrogens is 224 g/mol. The lowest BCUT2D eigenvalue weighted by Crippen LogP contribution is -2.27. The third-order valence-electron chi connectivity index (χ3n) is 4.02. The van der Waals surface area contributed by atoms with Crippen molar-refractivity contribution in [1.82, 2.24) is 10.3 Å². The number of aromatic amines is 1. The molecule has 1 fully saturated rings. The number of aliphatic hydroxyl groups excluding tert-OH is 1. The van der Waals surface area contributed by atoms with E-state index in [1.165, 1.54) is 22.9 Å². The average molecular weight is 244 g/mol. The van der Waals surface area contributed by atoms with Crippen LogP contribution < -0.4 is 5.32 Å². The van der Waals surface area contributed by atoms with Crippen molar-refractivity contribution >= 4 is 10.9 Å². The molecular formula is C15H20N2O. The first-order valence-corrected chi connectivity index (χ1v) is 6.78. The van der Waals surface area contributed by atoms with Gasteiger partial charge in [-0.25, -0.2) is 0 Å². The molecule has 18 heavy (non-hydrogen) atoms. The molecule has 0 radical (unpaired) electrons. The van der Waals surface area contributed by atoms with Crippen molar-refractivity contribution in [3.8, 4) is 0 Å². The summed E-state index contributed by atoms with van der Waals surface area (Å²) in [4.78, 5) is 3.29. The molecule has 1 aromatic heterocycles. The minimum atomic E-state index is -0.0968. The Bertz CT molecular complexity index is 520. The van der Waals surface area contributed by atoms with Crippen LogP contribution in [0.25, 0.3) is 10.9 Å². The number of aromatic nitrogens is 1. The van der Waals surface area contributed by atoms with Crippen molar-refractivity contribution in [1.29, 1.82) is 0 Å². The van der Waals surface area contributed by atoms with Gasteiger partial charge in [-0.1, -0.05) is 24.6 Å². The van der Waals surface area contributed by atoms with Crippen molar-refractivity contribution in [3.05, 3.63) is 36.0 Å². The molecule has 0 amide bonds. The minimum Gasteiger partial charge on any atom is -0.393 e. The number of hydrogen-bond acceptors (Lipinski definition) is 2. The van der Waals surface area contributed by atoms with Gasteiger partial charge in [0.25, 0.3) is 0 Å². The van der Waals surface area contributed by atoms with E-state index in [0.29, 0.717) is 5.92 Å². The summed E-state index contributed by atoms with van der Waals surface area (Å²) in [5.41, 5.74) is 2.49. The zero-order valence-corrected chi connectivity index (χ0v) is 10.5. The number of H-pyrrole nitrogens is 1. The van der Waals surface area contributed by atoms with E-state index in [1.54, 1.807) is 0 Å². The van der Waals surface area contributed by atoms with Crippen LogP contribution in [0, 0.1) is 5.92 Å². The fourth-order valence-corrected chi connectivity index (χ4v) is 2.93. The Morgan fingerprint density at radius 3 is 3.00 bits per heavy atom. The largest absolute Gasteiger partial charge is 0.393 e. The first-order valence-electron chi connectivity index (χ1n) is 6.78. The molecule has 2 atom stereocenters. The molecule has 2 unspecified atom stereocenters. The van der Waals surface area contributed by atoms with Crippen LogP contribution in [0.5, 0.6) is 0 Å². The summed E-state index contributed by atoms with van der Waals surface area (Å²) < 4.78 is 0. The highest BCUT2D eigenvalue weighted by Crippen LogP contribution is 2.25. The molecule has 3 N–H and O–H groups in total. The van der Waals surface area contributed by atoms with Crippen LogP contribution in [0.4, 0.5) is 0 Å². The van der Waals surface area contributed by atoms with Crippen molar-refractivity contribution in [2.45, 2.75) is 31.9 Å². The summed E-state index contributed by atoms with van der Waals surface area (Å²) in [6, 6.07) is 8.36. The summed E-state index contributed by atoms with van der Waals surface area (Å²) in [7, 11) is 0. The van der Waals surface area contributed by atoms with E-state index in [1.807, 2.05) is 6.07 Å². The van der Waals surface area contributed by atoms with E-state index < -0.39 is 0 Å². The Morgan fingerprint density at radius 1 is 1.28 bits per heavy atom. The zero-order valence-electron chi connectivity index (χ0n) is 10.5. The summed E-state index contributed by atoms with van der Waals surface area (Å²) in [6.45, 7) is 1.79. The Kier molecular flexibility index (Phi) is 3.35. The highest BCUT2D eigenvalue weighted by atomic mass is 16.3. The van der Waals surface area contributed by atoms with Crippen molar-refractivity contribution < 1.29 is 5.11 Å². The fourth-order valence-electron chi connectivity index (χ4n) is 2.93. The van der Waals surface area contributed by atoms with E-state index in [-0.39, 0.29) is 6.10 Å². The van der Waals surface area contributed by atoms with Crippen LogP contribution >= 0.6 is 0 Å². The quantitative estimate of drug-likeness (QED) is 0.773. The van der Waals surface area contributed by atoms with Gasteiger partial charge in [0.15, 0.2) is 0 Å². The smallest absolute Gasteiger partial charge is 0.0580 e. The lowest BCUT2D eigenvalue weighted by molar-refractivity contribution is 0.131. The maximum atomic E-state index is 9.77. The molecule has 1 aliphatic rings. The van der Waals surface area contributed by atoms with Crippen LogP contribution in [0.2, 0.25) is 0 Å². The topological polar surface area (TPSA) is 48.0 Å². The molecule has 3 nitrogen and oxygen atoms in total. The van der Waals surface area contributed by atoms with Gasteiger partial charge >= 0.3 is 0 Å². The lowest BCUT2D eigenvalue weighted by Gasteiger charge is -2.14. The van der Waals surface area contributed by atoms with Crippen LogP contribution in [-0.2, 0) is 6.54 Å². The number of aliphatic hydroxyl groups is 1. The molecule has 2 aromatic rings. The predicted octanol–water partition coefficient (Wildman–Crippen LogP) is 2.42. The molecule has 3 rings (SSSR count). The average Bonchev–Trinajstić information content (AvgIpc) is 2.97. The second-order valence-electron chi connectivity index (χ2n) is 5.25. The summed E-state index contributed by atoms with van der Waals surface area (Å²) in [6.07, 6.45) is 5.27. The maximum Gasteiger partial charge on any atom is 0.0580 e. The van der Waals surface area contributed by atoms with Gasteiger partial charge in [-0.15, -0.1) is 0 Å². The second kappa shape index (κ2) is 5.12.